The van der Waals surface area contributed by atoms with Crippen LogP contribution in [0.1, 0.15) is 21.7 Å². The van der Waals surface area contributed by atoms with Crippen LogP contribution < -0.4 is 5.56 Å². The molecule has 1 aliphatic heterocycles. The van der Waals surface area contributed by atoms with Crippen molar-refractivity contribution in [3.63, 3.8) is 0 Å². The molecule has 0 atom stereocenters. The van der Waals surface area contributed by atoms with Crippen molar-refractivity contribution in [1.29, 1.82) is 0 Å². The summed E-state index contributed by atoms with van der Waals surface area (Å²) in [4.78, 5) is 33.7. The van der Waals surface area contributed by atoms with E-state index in [-0.39, 0.29) is 18.0 Å². The molecule has 1 aromatic carbocycles. The zero-order chi connectivity index (χ0) is 21.7. The van der Waals surface area contributed by atoms with Gasteiger partial charge in [0.15, 0.2) is 11.3 Å². The van der Waals surface area contributed by atoms with Gasteiger partial charge >= 0.3 is 0 Å². The molecule has 0 radical (unpaired) electrons. The Bertz CT molecular complexity index is 1500. The van der Waals surface area contributed by atoms with Crippen molar-refractivity contribution in [3.05, 3.63) is 87.3 Å². The Balaban J connectivity index is 1.32. The number of H-pyrrole nitrogens is 2. The predicted octanol–water partition coefficient (Wildman–Crippen LogP) is 3.34. The van der Waals surface area contributed by atoms with E-state index in [4.69, 9.17) is 4.98 Å². The smallest absolute Gasteiger partial charge is 0.277 e. The van der Waals surface area contributed by atoms with Crippen molar-refractivity contribution in [3.8, 4) is 21.8 Å². The molecular weight excluding hydrogens is 424 g/mol. The van der Waals surface area contributed by atoms with Crippen molar-refractivity contribution in [1.82, 2.24) is 29.7 Å². The maximum Gasteiger partial charge on any atom is 0.277 e. The first kappa shape index (κ1) is 18.8. The number of benzene rings is 1. The zero-order valence-corrected chi connectivity index (χ0v) is 17.7. The lowest BCUT2D eigenvalue weighted by Gasteiger charge is -2.27. The molecule has 8 nitrogen and oxygen atoms in total. The molecular formula is C23H18N6O2S. The normalized spacial score (nSPS) is 13.4. The fourth-order valence-corrected chi connectivity index (χ4v) is 4.76. The fraction of sp³-hybridized carbons (Fsp3) is 0.130. The highest BCUT2D eigenvalue weighted by atomic mass is 32.1. The van der Waals surface area contributed by atoms with Gasteiger partial charge in [-0.15, -0.1) is 11.3 Å². The second-order valence-corrected chi connectivity index (χ2v) is 8.64. The summed E-state index contributed by atoms with van der Waals surface area (Å²) in [5.41, 5.74) is 4.65. The highest BCUT2D eigenvalue weighted by molar-refractivity contribution is 7.13. The number of aromatic nitrogens is 5. The van der Waals surface area contributed by atoms with E-state index in [1.165, 1.54) is 4.52 Å². The van der Waals surface area contributed by atoms with Gasteiger partial charge in [0.05, 0.1) is 34.1 Å². The van der Waals surface area contributed by atoms with Crippen molar-refractivity contribution in [2.24, 2.45) is 0 Å². The minimum Gasteiger partial charge on any atom is -0.332 e. The second kappa shape index (κ2) is 7.31. The fourth-order valence-electron chi connectivity index (χ4n) is 4.07. The molecule has 32 heavy (non-hydrogen) atoms. The first-order valence-corrected chi connectivity index (χ1v) is 11.1. The number of aromatic amines is 2. The summed E-state index contributed by atoms with van der Waals surface area (Å²) in [6.45, 7) is 0.704. The topological polar surface area (TPSA) is 99.2 Å². The van der Waals surface area contributed by atoms with Gasteiger partial charge in [-0.3, -0.25) is 19.8 Å². The lowest BCUT2D eigenvalue weighted by atomic mass is 10.1. The van der Waals surface area contributed by atoms with Gasteiger partial charge in [-0.05, 0) is 23.1 Å². The summed E-state index contributed by atoms with van der Waals surface area (Å²) in [5, 5.41) is 12.3. The minimum atomic E-state index is -0.198. The van der Waals surface area contributed by atoms with Crippen LogP contribution in [0.2, 0.25) is 0 Å². The Morgan fingerprint density at radius 2 is 1.94 bits per heavy atom. The second-order valence-electron chi connectivity index (χ2n) is 7.69. The van der Waals surface area contributed by atoms with Crippen LogP contribution in [0, 0.1) is 0 Å². The van der Waals surface area contributed by atoms with Gasteiger partial charge in [-0.2, -0.15) is 5.10 Å². The summed E-state index contributed by atoms with van der Waals surface area (Å²) in [7, 11) is 0. The number of amides is 1. The van der Waals surface area contributed by atoms with Crippen molar-refractivity contribution >= 4 is 22.9 Å². The third-order valence-corrected chi connectivity index (χ3v) is 6.62. The van der Waals surface area contributed by atoms with Crippen LogP contribution in [0.3, 0.4) is 0 Å². The van der Waals surface area contributed by atoms with E-state index in [1.54, 1.807) is 22.3 Å². The third kappa shape index (κ3) is 3.05. The van der Waals surface area contributed by atoms with E-state index in [2.05, 4.69) is 15.3 Å². The van der Waals surface area contributed by atoms with Gasteiger partial charge in [0.2, 0.25) is 0 Å². The Hall–Kier alpha value is -3.98. The largest absolute Gasteiger partial charge is 0.332 e. The predicted molar refractivity (Wildman–Crippen MR) is 122 cm³/mol. The first-order valence-electron chi connectivity index (χ1n) is 10.2. The molecule has 6 rings (SSSR count). The van der Waals surface area contributed by atoms with E-state index in [9.17, 15) is 9.59 Å². The molecule has 0 bridgehead atoms. The van der Waals surface area contributed by atoms with Crippen molar-refractivity contribution in [2.45, 2.75) is 13.0 Å². The zero-order valence-electron chi connectivity index (χ0n) is 16.9. The lowest BCUT2D eigenvalue weighted by molar-refractivity contribution is 0.0726. The number of thiophene rings is 1. The first-order chi connectivity index (χ1) is 15.7. The molecule has 0 aliphatic carbocycles. The Labute approximate surface area is 186 Å². The SMILES string of the molecule is O=C(c1cc(-c2cccs2)[nH]n1)N1CCc2nc3cc(-c4ccccc4)[nH]n3c(=O)c2C1. The van der Waals surface area contributed by atoms with Gasteiger partial charge in [0, 0.05) is 19.0 Å². The van der Waals surface area contributed by atoms with Gasteiger partial charge in [0.1, 0.15) is 0 Å². The molecule has 5 aromatic rings. The molecule has 0 fully saturated rings. The number of carbonyl (C=O) groups excluding carboxylic acids is 1. The maximum absolute atomic E-state index is 13.2. The minimum absolute atomic E-state index is 0.175. The summed E-state index contributed by atoms with van der Waals surface area (Å²) >= 11 is 1.58. The number of nitrogens with one attached hydrogen (secondary N) is 2. The highest BCUT2D eigenvalue weighted by Crippen LogP contribution is 2.25. The van der Waals surface area contributed by atoms with E-state index in [0.717, 1.165) is 27.5 Å². The van der Waals surface area contributed by atoms with Crippen LogP contribution >= 0.6 is 11.3 Å². The average Bonchev–Trinajstić information content (AvgIpc) is 3.59. The number of nitrogens with zero attached hydrogens (tertiary/aromatic N) is 4. The van der Waals surface area contributed by atoms with E-state index in [0.29, 0.717) is 29.9 Å². The van der Waals surface area contributed by atoms with Crippen LogP contribution in [0.25, 0.3) is 27.5 Å². The lowest BCUT2D eigenvalue weighted by Crippen LogP contribution is -2.40. The number of hydrogen-bond acceptors (Lipinski definition) is 5. The molecule has 4 aromatic heterocycles. The number of fused-ring (bicyclic) bond motifs is 2. The molecule has 1 aliphatic rings. The summed E-state index contributed by atoms with van der Waals surface area (Å²) in [5.74, 6) is -0.198. The van der Waals surface area contributed by atoms with Crippen LogP contribution in [-0.4, -0.2) is 42.1 Å². The number of carbonyl (C=O) groups is 1. The van der Waals surface area contributed by atoms with Gasteiger partial charge in [-0.1, -0.05) is 36.4 Å². The number of hydrogen-bond donors (Lipinski definition) is 2. The molecule has 158 valence electrons. The quantitative estimate of drug-likeness (QED) is 0.448. The van der Waals surface area contributed by atoms with Crippen LogP contribution in [-0.2, 0) is 13.0 Å². The summed E-state index contributed by atoms with van der Waals surface area (Å²) in [6, 6.07) is 17.4. The molecule has 2 N–H and O–H groups in total. The highest BCUT2D eigenvalue weighted by Gasteiger charge is 2.27. The van der Waals surface area contributed by atoms with Crippen molar-refractivity contribution in [2.75, 3.05) is 6.54 Å². The van der Waals surface area contributed by atoms with Crippen LogP contribution in [0.4, 0.5) is 0 Å². The van der Waals surface area contributed by atoms with E-state index >= 15 is 0 Å². The Morgan fingerprint density at radius 1 is 1.06 bits per heavy atom. The van der Waals surface area contributed by atoms with Gasteiger partial charge in [-0.25, -0.2) is 9.50 Å². The van der Waals surface area contributed by atoms with Crippen LogP contribution in [0.5, 0.6) is 0 Å². The average molecular weight is 443 g/mol. The molecule has 0 saturated carbocycles. The van der Waals surface area contributed by atoms with Crippen molar-refractivity contribution < 1.29 is 4.79 Å². The van der Waals surface area contributed by atoms with E-state index in [1.807, 2.05) is 53.9 Å². The maximum atomic E-state index is 13.2. The third-order valence-electron chi connectivity index (χ3n) is 5.72. The molecule has 0 saturated heterocycles. The number of rotatable bonds is 3. The standard InChI is InChI=1S/C23H18N6O2S/c30-22-15-13-28(23(31)19-11-18(25-26-19)20-7-4-10-32-20)9-8-16(15)24-21-12-17(27-29(21)22)14-5-2-1-3-6-14/h1-7,10-12,27H,8-9,13H2,(H,25,26). The van der Waals surface area contributed by atoms with Gasteiger partial charge in [0.25, 0.3) is 11.5 Å². The molecule has 0 unspecified atom stereocenters. The Kier molecular flexibility index (Phi) is 4.29. The Morgan fingerprint density at radius 3 is 2.75 bits per heavy atom. The summed E-state index contributed by atoms with van der Waals surface area (Å²) in [6.07, 6.45) is 0.529. The monoisotopic (exact) mass is 442 g/mol. The van der Waals surface area contributed by atoms with Gasteiger partial charge < -0.3 is 4.90 Å². The summed E-state index contributed by atoms with van der Waals surface area (Å²) < 4.78 is 1.46. The molecule has 1 amide bonds. The van der Waals surface area contributed by atoms with Crippen LogP contribution in [0.15, 0.2) is 64.8 Å². The van der Waals surface area contributed by atoms with E-state index < -0.39 is 0 Å². The molecule has 5 heterocycles. The molecule has 9 heteroatoms. The molecule has 0 spiro atoms.